The largest absolute Gasteiger partial charge is 0.368 e. The Morgan fingerprint density at radius 2 is 1.81 bits per heavy atom. The molecule has 1 aromatic rings. The van der Waals surface area contributed by atoms with Crippen molar-refractivity contribution in [1.82, 2.24) is 15.0 Å². The third kappa shape index (κ3) is 3.85. The summed E-state index contributed by atoms with van der Waals surface area (Å²) in [4.78, 5) is 11.5. The van der Waals surface area contributed by atoms with Crippen LogP contribution in [0.5, 0.6) is 0 Å². The number of aromatic nitrogens is 3. The molecular formula is C9H18N6O. The van der Waals surface area contributed by atoms with Gasteiger partial charge in [0.2, 0.25) is 17.8 Å². The van der Waals surface area contributed by atoms with Crippen molar-refractivity contribution in [3.63, 3.8) is 0 Å². The maximum absolute atomic E-state index is 5.47. The quantitative estimate of drug-likeness (QED) is 0.609. The van der Waals surface area contributed by atoms with Crippen molar-refractivity contribution in [3.8, 4) is 0 Å². The van der Waals surface area contributed by atoms with Gasteiger partial charge in [0, 0.05) is 6.61 Å². The van der Waals surface area contributed by atoms with Crippen molar-refractivity contribution in [1.29, 1.82) is 0 Å². The maximum atomic E-state index is 5.47. The third-order valence-electron chi connectivity index (χ3n) is 1.88. The first kappa shape index (κ1) is 12.4. The van der Waals surface area contributed by atoms with Gasteiger partial charge < -0.3 is 21.5 Å². The lowest BCUT2D eigenvalue weighted by Gasteiger charge is -2.17. The number of ether oxygens (including phenoxy) is 1. The van der Waals surface area contributed by atoms with Crippen molar-refractivity contribution >= 4 is 17.8 Å². The van der Waals surface area contributed by atoms with Crippen LogP contribution >= 0.6 is 0 Å². The summed E-state index contributed by atoms with van der Waals surface area (Å²) in [6.07, 6.45) is 1.73. The summed E-state index contributed by atoms with van der Waals surface area (Å²) in [6, 6.07) is 0. The van der Waals surface area contributed by atoms with Gasteiger partial charge in [-0.1, -0.05) is 13.3 Å². The van der Waals surface area contributed by atoms with Crippen LogP contribution in [0.4, 0.5) is 17.8 Å². The van der Waals surface area contributed by atoms with Crippen LogP contribution in [0.15, 0.2) is 0 Å². The zero-order valence-corrected chi connectivity index (χ0v) is 9.60. The van der Waals surface area contributed by atoms with E-state index in [1.165, 1.54) is 0 Å². The Morgan fingerprint density at radius 3 is 2.31 bits per heavy atom. The normalized spacial score (nSPS) is 12.4. The van der Waals surface area contributed by atoms with E-state index in [9.17, 15) is 0 Å². The van der Waals surface area contributed by atoms with E-state index in [-0.39, 0.29) is 18.1 Å². The first-order valence-electron chi connectivity index (χ1n) is 5.30. The Balaban J connectivity index is 2.68. The van der Waals surface area contributed by atoms with Crippen molar-refractivity contribution in [2.24, 2.45) is 0 Å². The molecule has 0 aliphatic carbocycles. The van der Waals surface area contributed by atoms with Gasteiger partial charge in [-0.3, -0.25) is 0 Å². The summed E-state index contributed by atoms with van der Waals surface area (Å²) < 4.78 is 5.47. The maximum Gasteiger partial charge on any atom is 0.231 e. The van der Waals surface area contributed by atoms with E-state index < -0.39 is 0 Å². The van der Waals surface area contributed by atoms with Crippen molar-refractivity contribution in [2.45, 2.75) is 32.9 Å². The van der Waals surface area contributed by atoms with Crippen LogP contribution in [-0.4, -0.2) is 27.8 Å². The SMILES string of the molecule is CCCC(Nc1nc(N)nc(N)n1)OCC. The van der Waals surface area contributed by atoms with Gasteiger partial charge >= 0.3 is 0 Å². The molecule has 5 N–H and O–H groups in total. The first-order valence-corrected chi connectivity index (χ1v) is 5.30. The zero-order valence-electron chi connectivity index (χ0n) is 9.60. The molecule has 0 saturated heterocycles. The molecule has 0 spiro atoms. The molecule has 0 bridgehead atoms. The molecule has 1 heterocycles. The Hall–Kier alpha value is -1.63. The molecule has 0 aliphatic heterocycles. The lowest BCUT2D eigenvalue weighted by Crippen LogP contribution is -2.24. The number of nitrogen functional groups attached to an aromatic ring is 2. The average molecular weight is 226 g/mol. The van der Waals surface area contributed by atoms with E-state index in [2.05, 4.69) is 27.2 Å². The molecule has 0 amide bonds. The van der Waals surface area contributed by atoms with Gasteiger partial charge in [0.1, 0.15) is 6.23 Å². The summed E-state index contributed by atoms with van der Waals surface area (Å²) in [7, 11) is 0. The second-order valence-corrected chi connectivity index (χ2v) is 3.25. The van der Waals surface area contributed by atoms with Crippen molar-refractivity contribution in [3.05, 3.63) is 0 Å². The minimum Gasteiger partial charge on any atom is -0.368 e. The van der Waals surface area contributed by atoms with E-state index in [4.69, 9.17) is 16.2 Å². The van der Waals surface area contributed by atoms with Crippen LogP contribution in [0.25, 0.3) is 0 Å². The molecule has 0 saturated carbocycles. The Kier molecular flexibility index (Phi) is 4.71. The highest BCUT2D eigenvalue weighted by atomic mass is 16.5. The molecule has 16 heavy (non-hydrogen) atoms. The molecule has 1 unspecified atom stereocenters. The molecular weight excluding hydrogens is 208 g/mol. The molecule has 0 radical (unpaired) electrons. The molecule has 90 valence electrons. The molecule has 7 heteroatoms. The summed E-state index contributed by atoms with van der Waals surface area (Å²) in [5, 5.41) is 3.02. The number of nitrogens with zero attached hydrogens (tertiary/aromatic N) is 3. The third-order valence-corrected chi connectivity index (χ3v) is 1.88. The average Bonchev–Trinajstić information content (AvgIpc) is 2.16. The van der Waals surface area contributed by atoms with Crippen molar-refractivity contribution < 1.29 is 4.74 Å². The Morgan fingerprint density at radius 1 is 1.19 bits per heavy atom. The summed E-state index contributed by atoms with van der Waals surface area (Å²) in [5.41, 5.74) is 10.9. The van der Waals surface area contributed by atoms with Crippen LogP contribution in [0.2, 0.25) is 0 Å². The number of anilines is 3. The van der Waals surface area contributed by atoms with Crippen LogP contribution in [0.3, 0.4) is 0 Å². The molecule has 7 nitrogen and oxygen atoms in total. The number of nitrogens with two attached hydrogens (primary N) is 2. The summed E-state index contributed by atoms with van der Waals surface area (Å²) >= 11 is 0. The highest BCUT2D eigenvalue weighted by Crippen LogP contribution is 2.09. The first-order chi connectivity index (χ1) is 7.65. The van der Waals surface area contributed by atoms with Gasteiger partial charge in [-0.25, -0.2) is 0 Å². The second-order valence-electron chi connectivity index (χ2n) is 3.25. The molecule has 0 aromatic carbocycles. The van der Waals surface area contributed by atoms with Crippen LogP contribution < -0.4 is 16.8 Å². The van der Waals surface area contributed by atoms with Gasteiger partial charge in [0.15, 0.2) is 0 Å². The van der Waals surface area contributed by atoms with Crippen LogP contribution in [0.1, 0.15) is 26.7 Å². The predicted molar refractivity (Wildman–Crippen MR) is 62.6 cm³/mol. The fourth-order valence-electron chi connectivity index (χ4n) is 1.28. The number of rotatable bonds is 6. The lowest BCUT2D eigenvalue weighted by atomic mass is 10.3. The predicted octanol–water partition coefficient (Wildman–Crippen LogP) is 0.611. The minimum absolute atomic E-state index is 0.0988. The van der Waals surface area contributed by atoms with Crippen molar-refractivity contribution in [2.75, 3.05) is 23.4 Å². The van der Waals surface area contributed by atoms with Gasteiger partial charge in [0.25, 0.3) is 0 Å². The Bertz CT molecular complexity index is 306. The number of nitrogens with one attached hydrogen (secondary N) is 1. The summed E-state index contributed by atoms with van der Waals surface area (Å²) in [5.74, 6) is 0.542. The smallest absolute Gasteiger partial charge is 0.231 e. The van der Waals surface area contributed by atoms with Gasteiger partial charge in [-0.15, -0.1) is 0 Å². The van der Waals surface area contributed by atoms with E-state index in [1.54, 1.807) is 0 Å². The Labute approximate surface area is 94.6 Å². The molecule has 1 rings (SSSR count). The van der Waals surface area contributed by atoms with Crippen LogP contribution in [-0.2, 0) is 4.74 Å². The van der Waals surface area contributed by atoms with Gasteiger partial charge in [-0.2, -0.15) is 15.0 Å². The van der Waals surface area contributed by atoms with Crippen LogP contribution in [0, 0.1) is 0 Å². The topological polar surface area (TPSA) is 112 Å². The van der Waals surface area contributed by atoms with Gasteiger partial charge in [-0.05, 0) is 13.3 Å². The standard InChI is InChI=1S/C9H18N6O/c1-3-5-6(16-4-2)12-9-14-7(10)13-8(11)15-9/h6H,3-5H2,1-2H3,(H5,10,11,12,13,14,15). The highest BCUT2D eigenvalue weighted by Gasteiger charge is 2.09. The molecule has 0 fully saturated rings. The fraction of sp³-hybridized carbons (Fsp3) is 0.667. The van der Waals surface area contributed by atoms with E-state index in [1.807, 2.05) is 6.92 Å². The van der Waals surface area contributed by atoms with E-state index in [0.717, 1.165) is 12.8 Å². The summed E-state index contributed by atoms with van der Waals surface area (Å²) in [6.45, 7) is 4.62. The highest BCUT2D eigenvalue weighted by molar-refractivity contribution is 5.37. The lowest BCUT2D eigenvalue weighted by molar-refractivity contribution is 0.0756. The zero-order chi connectivity index (χ0) is 12.0. The number of hydrogen-bond donors (Lipinski definition) is 3. The second kappa shape index (κ2) is 6.06. The molecule has 1 atom stereocenters. The monoisotopic (exact) mass is 226 g/mol. The fourth-order valence-corrected chi connectivity index (χ4v) is 1.28. The minimum atomic E-state index is -0.129. The molecule has 1 aromatic heterocycles. The molecule has 0 aliphatic rings. The van der Waals surface area contributed by atoms with Gasteiger partial charge in [0.05, 0.1) is 0 Å². The number of hydrogen-bond acceptors (Lipinski definition) is 7. The van der Waals surface area contributed by atoms with E-state index >= 15 is 0 Å². The van der Waals surface area contributed by atoms with E-state index in [0.29, 0.717) is 12.6 Å².